The first-order valence-electron chi connectivity index (χ1n) is 10.1. The summed E-state index contributed by atoms with van der Waals surface area (Å²) in [7, 11) is 0. The molecule has 158 valence electrons. The average molecular weight is 404 g/mol. The number of carbonyl (C=O) groups excluding carboxylic acids is 2. The molecule has 0 saturated heterocycles. The lowest BCUT2D eigenvalue weighted by Gasteiger charge is -2.10. The predicted octanol–water partition coefficient (Wildman–Crippen LogP) is 2.07. The van der Waals surface area contributed by atoms with Crippen molar-refractivity contribution in [2.24, 2.45) is 0 Å². The van der Waals surface area contributed by atoms with E-state index in [-0.39, 0.29) is 18.2 Å². The molecule has 2 aromatic rings. The van der Waals surface area contributed by atoms with Crippen molar-refractivity contribution in [1.82, 2.24) is 20.1 Å². The Morgan fingerprint density at radius 1 is 1.34 bits per heavy atom. The number of amides is 1. The smallest absolute Gasteiger partial charge is 0.360 e. The molecule has 0 bridgehead atoms. The Bertz CT molecular complexity index is 842. The number of hydrogen-bond acceptors (Lipinski definition) is 7. The summed E-state index contributed by atoms with van der Waals surface area (Å²) in [6.07, 6.45) is 4.89. The van der Waals surface area contributed by atoms with Crippen LogP contribution in [-0.4, -0.2) is 53.0 Å². The van der Waals surface area contributed by atoms with E-state index >= 15 is 0 Å². The summed E-state index contributed by atoms with van der Waals surface area (Å²) >= 11 is 0. The molecule has 1 amide bonds. The van der Waals surface area contributed by atoms with Gasteiger partial charge in [0.1, 0.15) is 6.26 Å². The highest BCUT2D eigenvalue weighted by molar-refractivity contribution is 5.96. The van der Waals surface area contributed by atoms with E-state index < -0.39 is 5.97 Å². The Balaban J connectivity index is 1.65. The second-order valence-electron chi connectivity index (χ2n) is 6.91. The average Bonchev–Trinajstić information content (AvgIpc) is 3.29. The van der Waals surface area contributed by atoms with Crippen LogP contribution in [0.25, 0.3) is 0 Å². The Morgan fingerprint density at radius 2 is 2.17 bits per heavy atom. The molecule has 0 aromatic carbocycles. The molecular weight excluding hydrogens is 376 g/mol. The Labute approximate surface area is 169 Å². The molecule has 1 aliphatic rings. The van der Waals surface area contributed by atoms with Crippen LogP contribution >= 0.6 is 0 Å². The maximum absolute atomic E-state index is 12.7. The second-order valence-corrected chi connectivity index (χ2v) is 6.91. The third-order valence-electron chi connectivity index (χ3n) is 4.72. The number of esters is 1. The zero-order valence-electron chi connectivity index (χ0n) is 17.0. The van der Waals surface area contributed by atoms with Gasteiger partial charge in [0.25, 0.3) is 5.91 Å². The van der Waals surface area contributed by atoms with Crippen LogP contribution in [0.1, 0.15) is 64.3 Å². The number of fused-ring (bicyclic) bond motifs is 1. The van der Waals surface area contributed by atoms with Gasteiger partial charge in [0.05, 0.1) is 23.6 Å². The highest BCUT2D eigenvalue weighted by atomic mass is 16.5. The van der Waals surface area contributed by atoms with Crippen LogP contribution in [0.5, 0.6) is 0 Å². The van der Waals surface area contributed by atoms with Gasteiger partial charge in [0.15, 0.2) is 11.6 Å². The normalized spacial score (nSPS) is 15.3. The van der Waals surface area contributed by atoms with Crippen molar-refractivity contribution < 1.29 is 23.5 Å². The number of rotatable bonds is 6. The molecule has 0 radical (unpaired) electrons. The number of hydrogen-bond donors (Lipinski definition) is 1. The van der Waals surface area contributed by atoms with Gasteiger partial charge in [0.2, 0.25) is 0 Å². The van der Waals surface area contributed by atoms with E-state index in [0.29, 0.717) is 57.0 Å². The van der Waals surface area contributed by atoms with Gasteiger partial charge in [-0.25, -0.2) is 9.78 Å². The van der Waals surface area contributed by atoms with E-state index in [4.69, 9.17) is 13.9 Å². The first kappa shape index (κ1) is 21.0. The highest BCUT2D eigenvalue weighted by Gasteiger charge is 2.23. The van der Waals surface area contributed by atoms with Gasteiger partial charge in [-0.3, -0.25) is 9.48 Å². The zero-order chi connectivity index (χ0) is 20.6. The summed E-state index contributed by atoms with van der Waals surface area (Å²) in [5, 5.41) is 7.62. The molecule has 0 atom stereocenters. The molecule has 1 aliphatic heterocycles. The molecule has 0 aliphatic carbocycles. The summed E-state index contributed by atoms with van der Waals surface area (Å²) in [4.78, 5) is 28.6. The van der Waals surface area contributed by atoms with Gasteiger partial charge < -0.3 is 19.2 Å². The third-order valence-corrected chi connectivity index (χ3v) is 4.72. The molecule has 1 N–H and O–H groups in total. The number of oxazole rings is 1. The quantitative estimate of drug-likeness (QED) is 0.580. The number of ether oxygens (including phenoxy) is 2. The Hall–Kier alpha value is -2.68. The van der Waals surface area contributed by atoms with E-state index in [1.165, 1.54) is 6.26 Å². The number of nitrogens with zero attached hydrogens (tertiary/aromatic N) is 3. The van der Waals surface area contributed by atoms with Crippen molar-refractivity contribution in [3.63, 3.8) is 0 Å². The molecular formula is C20H28N4O5. The second kappa shape index (κ2) is 10.2. The first-order chi connectivity index (χ1) is 14.1. The number of nitrogens with one attached hydrogen (secondary N) is 1. The van der Waals surface area contributed by atoms with Crippen molar-refractivity contribution in [3.05, 3.63) is 34.8 Å². The molecule has 29 heavy (non-hydrogen) atoms. The standard InChI is InChI=1S/C20H28N4O5/c1-3-15-18-17(7-4-10-27-11-5-8-21-19(18)25)24(23-15)9-6-12-28-20(26)16-13-29-14(2)22-16/h13H,3-12H2,1-2H3,(H,21,25). The number of aryl methyl sites for hydroxylation is 3. The van der Waals surface area contributed by atoms with Gasteiger partial charge in [-0.2, -0.15) is 5.10 Å². The lowest BCUT2D eigenvalue weighted by atomic mass is 10.1. The van der Waals surface area contributed by atoms with Crippen LogP contribution in [0.15, 0.2) is 10.7 Å². The van der Waals surface area contributed by atoms with E-state index in [1.807, 2.05) is 11.6 Å². The van der Waals surface area contributed by atoms with Crippen LogP contribution in [0, 0.1) is 6.92 Å². The maximum Gasteiger partial charge on any atom is 0.360 e. The minimum atomic E-state index is -0.507. The molecule has 0 fully saturated rings. The molecule has 0 unspecified atom stereocenters. The largest absolute Gasteiger partial charge is 0.461 e. The fourth-order valence-corrected chi connectivity index (χ4v) is 3.32. The Morgan fingerprint density at radius 3 is 2.93 bits per heavy atom. The van der Waals surface area contributed by atoms with Crippen molar-refractivity contribution in [2.45, 2.75) is 52.5 Å². The predicted molar refractivity (Wildman–Crippen MR) is 104 cm³/mol. The molecule has 3 heterocycles. The van der Waals surface area contributed by atoms with Crippen molar-refractivity contribution in [2.75, 3.05) is 26.4 Å². The lowest BCUT2D eigenvalue weighted by molar-refractivity contribution is 0.0487. The lowest BCUT2D eigenvalue weighted by Crippen LogP contribution is -2.26. The van der Waals surface area contributed by atoms with Crippen LogP contribution < -0.4 is 5.32 Å². The first-order valence-corrected chi connectivity index (χ1v) is 10.1. The van der Waals surface area contributed by atoms with Gasteiger partial charge in [-0.15, -0.1) is 0 Å². The minimum absolute atomic E-state index is 0.0715. The fourth-order valence-electron chi connectivity index (χ4n) is 3.32. The van der Waals surface area contributed by atoms with Gasteiger partial charge in [0, 0.05) is 39.6 Å². The molecule has 9 heteroatoms. The van der Waals surface area contributed by atoms with Crippen molar-refractivity contribution in [1.29, 1.82) is 0 Å². The van der Waals surface area contributed by atoms with Gasteiger partial charge in [-0.05, 0) is 25.7 Å². The van der Waals surface area contributed by atoms with E-state index in [1.54, 1.807) is 6.92 Å². The van der Waals surface area contributed by atoms with E-state index in [9.17, 15) is 9.59 Å². The third kappa shape index (κ3) is 5.44. The SMILES string of the molecule is CCc1nn(CCCOC(=O)c2coc(C)n2)c2c1C(=O)NCCCOCCC2. The summed E-state index contributed by atoms with van der Waals surface area (Å²) < 4.78 is 17.8. The van der Waals surface area contributed by atoms with Gasteiger partial charge in [-0.1, -0.05) is 6.92 Å². The van der Waals surface area contributed by atoms with Crippen LogP contribution in [0.3, 0.4) is 0 Å². The van der Waals surface area contributed by atoms with Gasteiger partial charge >= 0.3 is 5.97 Å². The summed E-state index contributed by atoms with van der Waals surface area (Å²) in [5.41, 5.74) is 2.57. The van der Waals surface area contributed by atoms with E-state index in [0.717, 1.165) is 24.2 Å². The molecule has 2 aromatic heterocycles. The topological polar surface area (TPSA) is 108 Å². The fraction of sp³-hybridized carbons (Fsp3) is 0.600. The van der Waals surface area contributed by atoms with Crippen molar-refractivity contribution in [3.8, 4) is 0 Å². The van der Waals surface area contributed by atoms with E-state index in [2.05, 4.69) is 15.4 Å². The zero-order valence-corrected chi connectivity index (χ0v) is 17.0. The maximum atomic E-state index is 12.7. The molecule has 9 nitrogen and oxygen atoms in total. The highest BCUT2D eigenvalue weighted by Crippen LogP contribution is 2.19. The molecule has 3 rings (SSSR count). The molecule has 0 spiro atoms. The molecule has 0 saturated carbocycles. The van der Waals surface area contributed by atoms with Crippen molar-refractivity contribution >= 4 is 11.9 Å². The summed E-state index contributed by atoms with van der Waals surface area (Å²) in [6, 6.07) is 0. The monoisotopic (exact) mass is 404 g/mol. The number of aromatic nitrogens is 3. The van der Waals surface area contributed by atoms with Crippen LogP contribution in [0.2, 0.25) is 0 Å². The summed E-state index contributed by atoms with van der Waals surface area (Å²) in [6.45, 7) is 6.36. The number of carbonyl (C=O) groups is 2. The minimum Gasteiger partial charge on any atom is -0.461 e. The summed E-state index contributed by atoms with van der Waals surface area (Å²) in [5.74, 6) is -0.158. The Kier molecular flexibility index (Phi) is 7.40. The van der Waals surface area contributed by atoms with Crippen LogP contribution in [-0.2, 0) is 28.9 Å². The van der Waals surface area contributed by atoms with Crippen LogP contribution in [0.4, 0.5) is 0 Å².